The molecule has 1 aromatic rings. The Balaban J connectivity index is 2.06. The van der Waals surface area contributed by atoms with Crippen molar-refractivity contribution < 1.29 is 0 Å². The van der Waals surface area contributed by atoms with Crippen LogP contribution in [0.1, 0.15) is 66.9 Å². The normalized spacial score (nSPS) is 17.8. The summed E-state index contributed by atoms with van der Waals surface area (Å²) in [6.45, 7) is 16.6. The van der Waals surface area contributed by atoms with Crippen molar-refractivity contribution in [1.82, 2.24) is 0 Å². The first-order chi connectivity index (χ1) is 13.6. The van der Waals surface area contributed by atoms with E-state index < -0.39 is 0 Å². The molecule has 0 saturated carbocycles. The molecule has 2 nitrogen and oxygen atoms in total. The molecule has 0 N–H and O–H groups in total. The molecule has 29 heavy (non-hydrogen) atoms. The first-order valence-corrected chi connectivity index (χ1v) is 10.8. The van der Waals surface area contributed by atoms with Crippen molar-refractivity contribution in [2.75, 3.05) is 11.4 Å². The highest BCUT2D eigenvalue weighted by atomic mass is 15.2. The van der Waals surface area contributed by atoms with Crippen LogP contribution in [0.2, 0.25) is 0 Å². The molecule has 0 radical (unpaired) electrons. The zero-order valence-electron chi connectivity index (χ0n) is 19.2. The number of allylic oxidation sites excluding steroid dienone is 6. The van der Waals surface area contributed by atoms with Crippen LogP contribution in [0.4, 0.5) is 5.69 Å². The Bertz CT molecular complexity index is 891. The van der Waals surface area contributed by atoms with Crippen LogP contribution in [0.5, 0.6) is 0 Å². The number of hydrogen-bond donors (Lipinski definition) is 0. The second kappa shape index (κ2) is 8.18. The highest BCUT2D eigenvalue weighted by Gasteiger charge is 2.21. The predicted molar refractivity (Wildman–Crippen MR) is 128 cm³/mol. The lowest BCUT2D eigenvalue weighted by molar-refractivity contribution is 0.494. The number of benzene rings is 1. The number of aliphatic imine (C=N–C) groups is 1. The fraction of sp³-hybridized carbons (Fsp3) is 0.444. The Labute approximate surface area is 177 Å². The van der Waals surface area contributed by atoms with Crippen LogP contribution in [0.25, 0.3) is 0 Å². The molecule has 0 unspecified atom stereocenters. The lowest BCUT2D eigenvalue weighted by atomic mass is 9.84. The lowest BCUT2D eigenvalue weighted by Gasteiger charge is -2.30. The summed E-state index contributed by atoms with van der Waals surface area (Å²) in [5.41, 5.74) is 8.00. The lowest BCUT2D eigenvalue weighted by Crippen LogP contribution is -2.24. The zero-order valence-corrected chi connectivity index (χ0v) is 19.2. The molecule has 0 spiro atoms. The van der Waals surface area contributed by atoms with Crippen molar-refractivity contribution in [3.63, 3.8) is 0 Å². The largest absolute Gasteiger partial charge is 0.314 e. The number of hydrogen-bond acceptors (Lipinski definition) is 2. The van der Waals surface area contributed by atoms with Gasteiger partial charge in [0.2, 0.25) is 0 Å². The fourth-order valence-corrected chi connectivity index (χ4v) is 3.79. The number of nitrogens with zero attached hydrogens (tertiary/aromatic N) is 2. The van der Waals surface area contributed by atoms with Crippen molar-refractivity contribution >= 4 is 11.4 Å². The van der Waals surface area contributed by atoms with Gasteiger partial charge < -0.3 is 4.90 Å². The summed E-state index contributed by atoms with van der Waals surface area (Å²) >= 11 is 0. The molecular weight excluding hydrogens is 352 g/mol. The average molecular weight is 389 g/mol. The standard InChI is InChI=1S/C27H36N2/c1-20-19-25(17-18-28-20)29(24-15-12-22(13-16-24)27(5,6)7)23-10-8-9-21(11-14-23)26(2,3)4/h8,10-16,19H,9,17-18H2,1-7H3. The average Bonchev–Trinajstić information content (AvgIpc) is 2.88. The van der Waals surface area contributed by atoms with Gasteiger partial charge in [0.05, 0.1) is 0 Å². The van der Waals surface area contributed by atoms with E-state index in [2.05, 4.69) is 113 Å². The summed E-state index contributed by atoms with van der Waals surface area (Å²) in [5.74, 6) is 0. The zero-order chi connectivity index (χ0) is 21.2. The smallest absolute Gasteiger partial charge is 0.0458 e. The molecule has 1 heterocycles. The maximum Gasteiger partial charge on any atom is 0.0458 e. The van der Waals surface area contributed by atoms with Gasteiger partial charge in [-0.2, -0.15) is 0 Å². The maximum atomic E-state index is 4.57. The van der Waals surface area contributed by atoms with E-state index in [1.807, 2.05) is 0 Å². The van der Waals surface area contributed by atoms with Gasteiger partial charge in [-0.15, -0.1) is 0 Å². The minimum Gasteiger partial charge on any atom is -0.314 e. The van der Waals surface area contributed by atoms with Gasteiger partial charge in [0.15, 0.2) is 0 Å². The molecule has 0 aromatic heterocycles. The molecule has 3 rings (SSSR count). The molecule has 0 bridgehead atoms. The third-order valence-corrected chi connectivity index (χ3v) is 5.69. The Morgan fingerprint density at radius 1 is 0.897 bits per heavy atom. The maximum absolute atomic E-state index is 4.57. The van der Waals surface area contributed by atoms with Gasteiger partial charge in [0.25, 0.3) is 0 Å². The third kappa shape index (κ3) is 5.18. The summed E-state index contributed by atoms with van der Waals surface area (Å²) in [5, 5.41) is 0. The van der Waals surface area contributed by atoms with E-state index in [1.165, 1.54) is 28.2 Å². The fourth-order valence-electron chi connectivity index (χ4n) is 3.79. The van der Waals surface area contributed by atoms with E-state index >= 15 is 0 Å². The molecule has 154 valence electrons. The van der Waals surface area contributed by atoms with Crippen molar-refractivity contribution in [1.29, 1.82) is 0 Å². The monoisotopic (exact) mass is 388 g/mol. The summed E-state index contributed by atoms with van der Waals surface area (Å²) in [7, 11) is 0. The molecule has 0 atom stereocenters. The third-order valence-electron chi connectivity index (χ3n) is 5.69. The summed E-state index contributed by atoms with van der Waals surface area (Å²) in [6, 6.07) is 9.06. The van der Waals surface area contributed by atoms with Crippen molar-refractivity contribution in [2.45, 2.75) is 66.7 Å². The SMILES string of the molecule is CC1=NCCC(N(C2=CC=C(C(C)(C)C)CC=C2)c2ccc(C(C)(C)C)cc2)=C1. The quantitative estimate of drug-likeness (QED) is 0.528. The van der Waals surface area contributed by atoms with Gasteiger partial charge in [-0.05, 0) is 60.1 Å². The van der Waals surface area contributed by atoms with Gasteiger partial charge >= 0.3 is 0 Å². The summed E-state index contributed by atoms with van der Waals surface area (Å²) in [4.78, 5) is 6.98. The minimum atomic E-state index is 0.155. The van der Waals surface area contributed by atoms with Crippen LogP contribution in [-0.2, 0) is 5.41 Å². The molecule has 1 aliphatic carbocycles. The van der Waals surface area contributed by atoms with Crippen LogP contribution in [-0.4, -0.2) is 12.3 Å². The van der Waals surface area contributed by atoms with Gasteiger partial charge in [0.1, 0.15) is 0 Å². The van der Waals surface area contributed by atoms with E-state index in [1.54, 1.807) is 0 Å². The topological polar surface area (TPSA) is 15.6 Å². The van der Waals surface area contributed by atoms with Crippen molar-refractivity contribution in [2.24, 2.45) is 10.4 Å². The van der Waals surface area contributed by atoms with Crippen LogP contribution in [0.3, 0.4) is 0 Å². The minimum absolute atomic E-state index is 0.155. The number of anilines is 1. The molecule has 0 fully saturated rings. The van der Waals surface area contributed by atoms with Crippen LogP contribution in [0, 0.1) is 5.41 Å². The van der Waals surface area contributed by atoms with Crippen LogP contribution in [0.15, 0.2) is 76.6 Å². The van der Waals surface area contributed by atoms with Gasteiger partial charge in [-0.3, -0.25) is 4.99 Å². The number of dihydropyridines is 1. The first kappa shape index (κ1) is 21.4. The number of rotatable bonds is 3. The Kier molecular flexibility index (Phi) is 6.03. The van der Waals surface area contributed by atoms with Crippen molar-refractivity contribution in [3.05, 3.63) is 77.2 Å². The first-order valence-electron chi connectivity index (χ1n) is 10.8. The Morgan fingerprint density at radius 3 is 2.17 bits per heavy atom. The second-order valence-corrected chi connectivity index (χ2v) is 10.2. The van der Waals surface area contributed by atoms with E-state index in [-0.39, 0.29) is 10.8 Å². The Morgan fingerprint density at radius 2 is 1.59 bits per heavy atom. The van der Waals surface area contributed by atoms with Crippen molar-refractivity contribution in [3.8, 4) is 0 Å². The van der Waals surface area contributed by atoms with Crippen LogP contribution < -0.4 is 4.90 Å². The highest BCUT2D eigenvalue weighted by molar-refractivity contribution is 5.94. The van der Waals surface area contributed by atoms with E-state index in [9.17, 15) is 0 Å². The molecule has 2 aliphatic rings. The molecular formula is C27H36N2. The molecule has 2 heteroatoms. The molecule has 1 aromatic carbocycles. The molecule has 0 amide bonds. The second-order valence-electron chi connectivity index (χ2n) is 10.2. The highest BCUT2D eigenvalue weighted by Crippen LogP contribution is 2.34. The summed E-state index contributed by atoms with van der Waals surface area (Å²) < 4.78 is 0. The Hall–Kier alpha value is -2.35. The predicted octanol–water partition coefficient (Wildman–Crippen LogP) is 7.36. The van der Waals surface area contributed by atoms with Gasteiger partial charge in [0, 0.05) is 35.8 Å². The molecule has 0 saturated heterocycles. The molecule has 1 aliphatic heterocycles. The van der Waals surface area contributed by atoms with E-state index in [4.69, 9.17) is 0 Å². The van der Waals surface area contributed by atoms with Crippen LogP contribution >= 0.6 is 0 Å². The summed E-state index contributed by atoms with van der Waals surface area (Å²) in [6.07, 6.45) is 13.4. The van der Waals surface area contributed by atoms with E-state index in [0.717, 1.165) is 25.1 Å². The van der Waals surface area contributed by atoms with Gasteiger partial charge in [-0.25, -0.2) is 0 Å². The van der Waals surface area contributed by atoms with Gasteiger partial charge in [-0.1, -0.05) is 71.4 Å². The van der Waals surface area contributed by atoms with E-state index in [0.29, 0.717) is 0 Å².